The first kappa shape index (κ1) is 13.4. The normalized spacial score (nSPS) is 10.4. The zero-order valence-electron chi connectivity index (χ0n) is 10.4. The van der Waals surface area contributed by atoms with Gasteiger partial charge < -0.3 is 5.32 Å². The molecule has 0 aliphatic carbocycles. The lowest BCUT2D eigenvalue weighted by Gasteiger charge is -2.10. The second kappa shape index (κ2) is 7.56. The van der Waals surface area contributed by atoms with Crippen LogP contribution in [0, 0.1) is 6.92 Å². The van der Waals surface area contributed by atoms with Crippen molar-refractivity contribution < 1.29 is 0 Å². The molecule has 0 aliphatic heterocycles. The van der Waals surface area contributed by atoms with Crippen molar-refractivity contribution >= 4 is 17.3 Å². The minimum atomic E-state index is 0.844. The summed E-state index contributed by atoms with van der Waals surface area (Å²) in [6.07, 6.45) is 6.58. The van der Waals surface area contributed by atoms with Crippen LogP contribution in [0.5, 0.6) is 0 Å². The third-order valence-corrected chi connectivity index (χ3v) is 3.27. The smallest absolute Gasteiger partial charge is 0.0455 e. The summed E-state index contributed by atoms with van der Waals surface area (Å²) < 4.78 is 0. The van der Waals surface area contributed by atoms with Crippen molar-refractivity contribution in [2.45, 2.75) is 46.0 Å². The summed E-state index contributed by atoms with van der Waals surface area (Å²) in [7, 11) is 0. The molecule has 1 aromatic rings. The third-order valence-electron chi connectivity index (χ3n) is 2.86. The van der Waals surface area contributed by atoms with Gasteiger partial charge in [0.25, 0.3) is 0 Å². The highest BCUT2D eigenvalue weighted by molar-refractivity contribution is 6.31. The SMILES string of the molecule is CCCCCCCNc1cccc(Cl)c1C. The van der Waals surface area contributed by atoms with Crippen molar-refractivity contribution in [1.29, 1.82) is 0 Å². The molecule has 16 heavy (non-hydrogen) atoms. The first-order valence-corrected chi connectivity index (χ1v) is 6.62. The van der Waals surface area contributed by atoms with Crippen LogP contribution in [0.1, 0.15) is 44.6 Å². The minimum Gasteiger partial charge on any atom is -0.385 e. The Bertz CT molecular complexity index is 310. The van der Waals surface area contributed by atoms with Crippen molar-refractivity contribution in [3.63, 3.8) is 0 Å². The highest BCUT2D eigenvalue weighted by Crippen LogP contribution is 2.22. The maximum absolute atomic E-state index is 6.06. The monoisotopic (exact) mass is 239 g/mol. The maximum Gasteiger partial charge on any atom is 0.0455 e. The summed E-state index contributed by atoms with van der Waals surface area (Å²) in [4.78, 5) is 0. The molecule has 0 fully saturated rings. The Hall–Kier alpha value is -0.690. The summed E-state index contributed by atoms with van der Waals surface area (Å²) in [6, 6.07) is 6.02. The number of anilines is 1. The van der Waals surface area contributed by atoms with Crippen molar-refractivity contribution in [2.75, 3.05) is 11.9 Å². The Morgan fingerprint density at radius 1 is 1.12 bits per heavy atom. The van der Waals surface area contributed by atoms with Crippen molar-refractivity contribution in [3.05, 3.63) is 28.8 Å². The standard InChI is InChI=1S/C14H22ClN/c1-3-4-5-6-7-11-16-14-10-8-9-13(15)12(14)2/h8-10,16H,3-7,11H2,1-2H3. The van der Waals surface area contributed by atoms with Crippen LogP contribution >= 0.6 is 11.6 Å². The van der Waals surface area contributed by atoms with E-state index in [4.69, 9.17) is 11.6 Å². The van der Waals surface area contributed by atoms with Crippen LogP contribution in [0.25, 0.3) is 0 Å². The number of hydrogen-bond donors (Lipinski definition) is 1. The third kappa shape index (κ3) is 4.44. The molecule has 90 valence electrons. The van der Waals surface area contributed by atoms with E-state index >= 15 is 0 Å². The number of halogens is 1. The van der Waals surface area contributed by atoms with Crippen molar-refractivity contribution in [2.24, 2.45) is 0 Å². The molecule has 0 heterocycles. The van der Waals surface area contributed by atoms with Gasteiger partial charge in [0.05, 0.1) is 0 Å². The molecule has 0 spiro atoms. The van der Waals surface area contributed by atoms with Gasteiger partial charge in [-0.15, -0.1) is 0 Å². The maximum atomic E-state index is 6.06. The molecule has 0 aliphatic rings. The van der Waals surface area contributed by atoms with E-state index in [9.17, 15) is 0 Å². The van der Waals surface area contributed by atoms with E-state index in [1.54, 1.807) is 0 Å². The molecule has 1 nitrogen and oxygen atoms in total. The summed E-state index contributed by atoms with van der Waals surface area (Å²) in [5, 5.41) is 4.29. The predicted molar refractivity (Wildman–Crippen MR) is 73.4 cm³/mol. The highest BCUT2D eigenvalue weighted by atomic mass is 35.5. The molecule has 1 N–H and O–H groups in total. The summed E-state index contributed by atoms with van der Waals surface area (Å²) in [6.45, 7) is 5.35. The zero-order chi connectivity index (χ0) is 11.8. The predicted octanol–water partition coefficient (Wildman–Crippen LogP) is 5.03. The van der Waals surface area contributed by atoms with Crippen molar-refractivity contribution in [3.8, 4) is 0 Å². The lowest BCUT2D eigenvalue weighted by molar-refractivity contribution is 0.645. The van der Waals surface area contributed by atoms with Gasteiger partial charge in [-0.25, -0.2) is 0 Å². The van der Waals surface area contributed by atoms with Crippen LogP contribution in [0.15, 0.2) is 18.2 Å². The number of nitrogens with one attached hydrogen (secondary N) is 1. The van der Waals surface area contributed by atoms with E-state index in [0.717, 1.165) is 17.1 Å². The molecule has 1 aromatic carbocycles. The molecule has 0 amide bonds. The van der Waals surface area contributed by atoms with Crippen LogP contribution in [-0.2, 0) is 0 Å². The number of hydrogen-bond acceptors (Lipinski definition) is 1. The molecule has 1 rings (SSSR count). The first-order chi connectivity index (χ1) is 7.75. The van der Waals surface area contributed by atoms with Gasteiger partial charge >= 0.3 is 0 Å². The summed E-state index contributed by atoms with van der Waals surface area (Å²) >= 11 is 6.06. The Morgan fingerprint density at radius 3 is 2.62 bits per heavy atom. The second-order valence-electron chi connectivity index (χ2n) is 4.25. The van der Waals surface area contributed by atoms with Crippen LogP contribution in [0.3, 0.4) is 0 Å². The van der Waals surface area contributed by atoms with Gasteiger partial charge in [-0.1, -0.05) is 50.3 Å². The van der Waals surface area contributed by atoms with E-state index in [1.807, 2.05) is 12.1 Å². The van der Waals surface area contributed by atoms with Crippen LogP contribution in [0.4, 0.5) is 5.69 Å². The van der Waals surface area contributed by atoms with Crippen LogP contribution in [0.2, 0.25) is 5.02 Å². The van der Waals surface area contributed by atoms with Gasteiger partial charge in [0.1, 0.15) is 0 Å². The average Bonchev–Trinajstić information content (AvgIpc) is 2.29. The van der Waals surface area contributed by atoms with Gasteiger partial charge in [0, 0.05) is 17.3 Å². The topological polar surface area (TPSA) is 12.0 Å². The molecule has 0 unspecified atom stereocenters. The number of rotatable bonds is 7. The molecular formula is C14H22ClN. The minimum absolute atomic E-state index is 0.844. The molecule has 0 radical (unpaired) electrons. The molecule has 0 bridgehead atoms. The van der Waals surface area contributed by atoms with Gasteiger partial charge in [-0.2, -0.15) is 0 Å². The van der Waals surface area contributed by atoms with E-state index in [-0.39, 0.29) is 0 Å². The van der Waals surface area contributed by atoms with Gasteiger partial charge in [0.15, 0.2) is 0 Å². The second-order valence-corrected chi connectivity index (χ2v) is 4.66. The first-order valence-electron chi connectivity index (χ1n) is 6.24. The van der Waals surface area contributed by atoms with Crippen LogP contribution in [-0.4, -0.2) is 6.54 Å². The fraction of sp³-hybridized carbons (Fsp3) is 0.571. The van der Waals surface area contributed by atoms with Gasteiger partial charge in [-0.3, -0.25) is 0 Å². The Kier molecular flexibility index (Phi) is 6.32. The molecule has 0 atom stereocenters. The quantitative estimate of drug-likeness (QED) is 0.658. The summed E-state index contributed by atoms with van der Waals surface area (Å²) in [5.41, 5.74) is 2.32. The molecule has 0 saturated heterocycles. The number of benzene rings is 1. The fourth-order valence-electron chi connectivity index (χ4n) is 1.75. The van der Waals surface area contributed by atoms with Gasteiger partial charge in [0.2, 0.25) is 0 Å². The van der Waals surface area contributed by atoms with E-state index < -0.39 is 0 Å². The zero-order valence-corrected chi connectivity index (χ0v) is 11.1. The largest absolute Gasteiger partial charge is 0.385 e. The van der Waals surface area contributed by atoms with Crippen LogP contribution < -0.4 is 5.32 Å². The van der Waals surface area contributed by atoms with E-state index in [1.165, 1.54) is 37.8 Å². The Labute approximate surface area is 104 Å². The molecular weight excluding hydrogens is 218 g/mol. The van der Waals surface area contributed by atoms with Gasteiger partial charge in [-0.05, 0) is 31.0 Å². The molecule has 0 aromatic heterocycles. The van der Waals surface area contributed by atoms with Crippen molar-refractivity contribution in [1.82, 2.24) is 0 Å². The Morgan fingerprint density at radius 2 is 1.88 bits per heavy atom. The molecule has 0 saturated carbocycles. The Balaban J connectivity index is 2.24. The average molecular weight is 240 g/mol. The molecule has 2 heteroatoms. The lowest BCUT2D eigenvalue weighted by Crippen LogP contribution is -2.02. The summed E-state index contributed by atoms with van der Waals surface area (Å²) in [5.74, 6) is 0. The lowest BCUT2D eigenvalue weighted by atomic mass is 10.1. The number of unbranched alkanes of at least 4 members (excludes halogenated alkanes) is 4. The van der Waals surface area contributed by atoms with E-state index in [0.29, 0.717) is 0 Å². The fourth-order valence-corrected chi connectivity index (χ4v) is 1.93. The van der Waals surface area contributed by atoms with E-state index in [2.05, 4.69) is 25.2 Å². The highest BCUT2D eigenvalue weighted by Gasteiger charge is 2.00.